The van der Waals surface area contributed by atoms with E-state index in [2.05, 4.69) is 20.2 Å². The Labute approximate surface area is 100 Å². The molecule has 1 saturated heterocycles. The third-order valence-corrected chi connectivity index (χ3v) is 4.03. The van der Waals surface area contributed by atoms with Crippen molar-refractivity contribution in [2.45, 2.75) is 6.54 Å². The SMILES string of the molecule is O=S(=O)(NCc1cccnn1)N1CCNCC1. The first-order chi connectivity index (χ1) is 8.18. The first-order valence-corrected chi connectivity index (χ1v) is 6.84. The fourth-order valence-corrected chi connectivity index (χ4v) is 2.74. The van der Waals surface area contributed by atoms with Crippen LogP contribution in [0.2, 0.25) is 0 Å². The zero-order valence-corrected chi connectivity index (χ0v) is 10.2. The van der Waals surface area contributed by atoms with Gasteiger partial charge < -0.3 is 5.32 Å². The summed E-state index contributed by atoms with van der Waals surface area (Å²) in [6.07, 6.45) is 1.55. The molecule has 17 heavy (non-hydrogen) atoms. The molecular weight excluding hydrogens is 242 g/mol. The van der Waals surface area contributed by atoms with E-state index in [1.165, 1.54) is 4.31 Å². The quantitative estimate of drug-likeness (QED) is 0.701. The summed E-state index contributed by atoms with van der Waals surface area (Å²) in [5, 5.41) is 10.6. The summed E-state index contributed by atoms with van der Waals surface area (Å²) in [5.74, 6) is 0. The molecule has 0 aromatic carbocycles. The molecule has 1 aliphatic heterocycles. The van der Waals surface area contributed by atoms with Crippen LogP contribution in [0.1, 0.15) is 5.69 Å². The molecule has 0 aliphatic carbocycles. The molecule has 0 amide bonds. The fraction of sp³-hybridized carbons (Fsp3) is 0.556. The maximum atomic E-state index is 11.9. The van der Waals surface area contributed by atoms with E-state index in [0.717, 1.165) is 0 Å². The van der Waals surface area contributed by atoms with Crippen LogP contribution in [-0.2, 0) is 16.8 Å². The minimum absolute atomic E-state index is 0.167. The standard InChI is InChI=1S/C9H15N5O2S/c15-17(16,14-6-4-10-5-7-14)12-8-9-2-1-3-11-13-9/h1-3,10,12H,4-8H2. The van der Waals surface area contributed by atoms with Crippen LogP contribution >= 0.6 is 0 Å². The van der Waals surface area contributed by atoms with Crippen molar-refractivity contribution >= 4 is 10.2 Å². The van der Waals surface area contributed by atoms with Gasteiger partial charge in [-0.2, -0.15) is 27.6 Å². The van der Waals surface area contributed by atoms with Crippen molar-refractivity contribution in [3.8, 4) is 0 Å². The number of hydrogen-bond donors (Lipinski definition) is 2. The van der Waals surface area contributed by atoms with E-state index >= 15 is 0 Å². The Balaban J connectivity index is 1.93. The molecule has 0 spiro atoms. The van der Waals surface area contributed by atoms with Gasteiger partial charge in [-0.3, -0.25) is 0 Å². The van der Waals surface area contributed by atoms with E-state index < -0.39 is 10.2 Å². The van der Waals surface area contributed by atoms with Gasteiger partial charge in [0, 0.05) is 32.4 Å². The van der Waals surface area contributed by atoms with Crippen LogP contribution in [0.3, 0.4) is 0 Å². The highest BCUT2D eigenvalue weighted by molar-refractivity contribution is 7.87. The summed E-state index contributed by atoms with van der Waals surface area (Å²) in [7, 11) is -3.41. The highest BCUT2D eigenvalue weighted by atomic mass is 32.2. The van der Waals surface area contributed by atoms with E-state index in [-0.39, 0.29) is 6.54 Å². The van der Waals surface area contributed by atoms with Crippen molar-refractivity contribution in [3.63, 3.8) is 0 Å². The smallest absolute Gasteiger partial charge is 0.279 e. The fourth-order valence-electron chi connectivity index (χ4n) is 1.57. The molecule has 0 unspecified atom stereocenters. The third kappa shape index (κ3) is 3.43. The lowest BCUT2D eigenvalue weighted by atomic mass is 10.4. The monoisotopic (exact) mass is 257 g/mol. The van der Waals surface area contributed by atoms with Gasteiger partial charge in [0.2, 0.25) is 0 Å². The van der Waals surface area contributed by atoms with Gasteiger partial charge in [0.25, 0.3) is 10.2 Å². The summed E-state index contributed by atoms with van der Waals surface area (Å²) in [4.78, 5) is 0. The minimum Gasteiger partial charge on any atom is -0.314 e. The minimum atomic E-state index is -3.41. The summed E-state index contributed by atoms with van der Waals surface area (Å²) >= 11 is 0. The molecule has 94 valence electrons. The van der Waals surface area contributed by atoms with E-state index in [0.29, 0.717) is 31.9 Å². The van der Waals surface area contributed by atoms with Crippen LogP contribution < -0.4 is 10.0 Å². The average molecular weight is 257 g/mol. The number of piperazine rings is 1. The molecular formula is C9H15N5O2S. The normalized spacial score (nSPS) is 18.1. The van der Waals surface area contributed by atoms with Crippen LogP contribution in [0.25, 0.3) is 0 Å². The lowest BCUT2D eigenvalue weighted by molar-refractivity contribution is 0.354. The molecule has 2 rings (SSSR count). The molecule has 8 heteroatoms. The van der Waals surface area contributed by atoms with E-state index in [1.807, 2.05) is 0 Å². The number of rotatable bonds is 4. The predicted molar refractivity (Wildman–Crippen MR) is 62.2 cm³/mol. The second kappa shape index (κ2) is 5.50. The zero-order valence-electron chi connectivity index (χ0n) is 9.33. The first kappa shape index (κ1) is 12.4. The number of nitrogens with one attached hydrogen (secondary N) is 2. The Bertz CT molecular complexity index is 444. The van der Waals surface area contributed by atoms with Gasteiger partial charge in [0.1, 0.15) is 0 Å². The number of nitrogens with zero attached hydrogens (tertiary/aromatic N) is 3. The molecule has 0 radical (unpaired) electrons. The first-order valence-electron chi connectivity index (χ1n) is 5.40. The third-order valence-electron chi connectivity index (χ3n) is 2.48. The van der Waals surface area contributed by atoms with Crippen LogP contribution in [-0.4, -0.2) is 49.1 Å². The van der Waals surface area contributed by atoms with Gasteiger partial charge in [-0.05, 0) is 12.1 Å². The van der Waals surface area contributed by atoms with Gasteiger partial charge in [-0.1, -0.05) is 0 Å². The summed E-state index contributed by atoms with van der Waals surface area (Å²) < 4.78 is 27.7. The summed E-state index contributed by atoms with van der Waals surface area (Å²) in [6, 6.07) is 3.45. The molecule has 2 N–H and O–H groups in total. The van der Waals surface area contributed by atoms with Gasteiger partial charge >= 0.3 is 0 Å². The van der Waals surface area contributed by atoms with Gasteiger partial charge in [0.15, 0.2) is 0 Å². The largest absolute Gasteiger partial charge is 0.314 e. The highest BCUT2D eigenvalue weighted by Crippen LogP contribution is 2.01. The van der Waals surface area contributed by atoms with E-state index in [1.54, 1.807) is 18.3 Å². The van der Waals surface area contributed by atoms with Crippen molar-refractivity contribution < 1.29 is 8.42 Å². The van der Waals surface area contributed by atoms with Crippen molar-refractivity contribution in [1.29, 1.82) is 0 Å². The van der Waals surface area contributed by atoms with Crippen LogP contribution in [0.4, 0.5) is 0 Å². The Morgan fingerprint density at radius 3 is 2.82 bits per heavy atom. The van der Waals surface area contributed by atoms with Gasteiger partial charge in [-0.15, -0.1) is 0 Å². The number of aromatic nitrogens is 2. The summed E-state index contributed by atoms with van der Waals surface area (Å²) in [5.41, 5.74) is 0.603. The molecule has 0 atom stereocenters. The second-order valence-corrected chi connectivity index (χ2v) is 5.45. The van der Waals surface area contributed by atoms with E-state index in [9.17, 15) is 8.42 Å². The Morgan fingerprint density at radius 2 is 2.18 bits per heavy atom. The Hall–Kier alpha value is -1.09. The predicted octanol–water partition coefficient (Wildman–Crippen LogP) is -1.28. The molecule has 7 nitrogen and oxygen atoms in total. The second-order valence-electron chi connectivity index (χ2n) is 3.69. The van der Waals surface area contributed by atoms with Crippen molar-refractivity contribution in [1.82, 2.24) is 24.5 Å². The van der Waals surface area contributed by atoms with Crippen LogP contribution in [0, 0.1) is 0 Å². The van der Waals surface area contributed by atoms with Crippen molar-refractivity contribution in [3.05, 3.63) is 24.0 Å². The lowest BCUT2D eigenvalue weighted by Crippen LogP contribution is -2.50. The molecule has 0 bridgehead atoms. The van der Waals surface area contributed by atoms with Crippen molar-refractivity contribution in [2.24, 2.45) is 0 Å². The molecule has 0 saturated carbocycles. The molecule has 2 heterocycles. The van der Waals surface area contributed by atoms with Crippen molar-refractivity contribution in [2.75, 3.05) is 26.2 Å². The van der Waals surface area contributed by atoms with Gasteiger partial charge in [-0.25, -0.2) is 0 Å². The summed E-state index contributed by atoms with van der Waals surface area (Å²) in [6.45, 7) is 2.53. The van der Waals surface area contributed by atoms with E-state index in [4.69, 9.17) is 0 Å². The molecule has 1 aliphatic rings. The Morgan fingerprint density at radius 1 is 1.41 bits per heavy atom. The average Bonchev–Trinajstić information content (AvgIpc) is 2.39. The molecule has 1 aromatic heterocycles. The maximum Gasteiger partial charge on any atom is 0.279 e. The maximum absolute atomic E-state index is 11.9. The Kier molecular flexibility index (Phi) is 4.00. The topological polar surface area (TPSA) is 87.2 Å². The van der Waals surface area contributed by atoms with Crippen LogP contribution in [0.15, 0.2) is 18.3 Å². The molecule has 1 fully saturated rings. The lowest BCUT2D eigenvalue weighted by Gasteiger charge is -2.26. The zero-order chi connectivity index (χ0) is 12.1. The molecule has 1 aromatic rings. The highest BCUT2D eigenvalue weighted by Gasteiger charge is 2.23. The van der Waals surface area contributed by atoms with Gasteiger partial charge in [0.05, 0.1) is 12.2 Å². The van der Waals surface area contributed by atoms with Crippen LogP contribution in [0.5, 0.6) is 0 Å². The number of hydrogen-bond acceptors (Lipinski definition) is 5.